The fraction of sp³-hybridized carbons (Fsp3) is 0.805. The van der Waals surface area contributed by atoms with E-state index in [1.54, 1.807) is 0 Å². The molecule has 1 heterocycles. The first kappa shape index (κ1) is 57.2. The Morgan fingerprint density at radius 2 is 0.873 bits per heavy atom. The lowest BCUT2D eigenvalue weighted by Gasteiger charge is -2.09. The van der Waals surface area contributed by atoms with E-state index in [2.05, 4.69) is 10.1 Å². The molecule has 0 bridgehead atoms. The number of esters is 1. The standard InChI is InChI=1S/C41H67F4NO15S2/c42-35-33-36(43)40(45)41(39(35)44)61-38(48)5-8-49-10-12-51-14-16-53-18-20-55-22-24-57-26-28-59-30-31-60-29-27-58-25-23-56-21-19-54-17-15-52-13-11-50-9-7-46-37(47)4-2-1-3-34-6-32-62-63-34/h33-34H,1-32H2,(H,46,47)/t34-/m0/s1. The molecule has 1 atom stereocenters. The molecular formula is C41H67F4NO15S2. The Morgan fingerprint density at radius 1 is 0.508 bits per heavy atom. The van der Waals surface area contributed by atoms with E-state index in [0.717, 1.165) is 18.1 Å². The maximum absolute atomic E-state index is 13.6. The highest BCUT2D eigenvalue weighted by atomic mass is 33.1. The van der Waals surface area contributed by atoms with E-state index < -0.39 is 41.4 Å². The molecule has 1 saturated heterocycles. The summed E-state index contributed by atoms with van der Waals surface area (Å²) in [4.78, 5) is 23.6. The fourth-order valence-electron chi connectivity index (χ4n) is 5.06. The van der Waals surface area contributed by atoms with Gasteiger partial charge in [0.2, 0.25) is 23.3 Å². The molecule has 1 N–H and O–H groups in total. The van der Waals surface area contributed by atoms with Crippen molar-refractivity contribution in [3.8, 4) is 5.75 Å². The second kappa shape index (κ2) is 41.5. The SMILES string of the molecule is O=C(CCCC[C@H]1CCSS1)NCCOCCOCCOCCOCCOCCOCCOCCOCCOCCOCCOCCOCCC(=O)Oc1c(F)c(F)cc(F)c1F. The summed E-state index contributed by atoms with van der Waals surface area (Å²) in [5, 5.41) is 3.67. The van der Waals surface area contributed by atoms with Gasteiger partial charge >= 0.3 is 5.97 Å². The van der Waals surface area contributed by atoms with Crippen LogP contribution in [0.15, 0.2) is 6.07 Å². The summed E-state index contributed by atoms with van der Waals surface area (Å²) in [6.07, 6.45) is 4.75. The van der Waals surface area contributed by atoms with Gasteiger partial charge in [0, 0.05) is 30.0 Å². The molecule has 1 fully saturated rings. The zero-order valence-corrected chi connectivity index (χ0v) is 37.9. The molecule has 1 aliphatic heterocycles. The van der Waals surface area contributed by atoms with Crippen molar-refractivity contribution in [1.29, 1.82) is 0 Å². The molecule has 63 heavy (non-hydrogen) atoms. The van der Waals surface area contributed by atoms with Gasteiger partial charge in [-0.1, -0.05) is 28.0 Å². The minimum Gasteiger partial charge on any atom is -0.420 e. The van der Waals surface area contributed by atoms with Crippen molar-refractivity contribution in [3.05, 3.63) is 29.3 Å². The molecule has 1 aromatic rings. The zero-order chi connectivity index (χ0) is 45.3. The summed E-state index contributed by atoms with van der Waals surface area (Å²) in [7, 11) is 3.95. The van der Waals surface area contributed by atoms with Crippen molar-refractivity contribution in [2.75, 3.05) is 171 Å². The lowest BCUT2D eigenvalue weighted by atomic mass is 10.1. The van der Waals surface area contributed by atoms with Crippen molar-refractivity contribution in [2.24, 2.45) is 0 Å². The number of ether oxygens (including phenoxy) is 13. The van der Waals surface area contributed by atoms with Crippen molar-refractivity contribution in [3.63, 3.8) is 0 Å². The van der Waals surface area contributed by atoms with Gasteiger partial charge in [0.1, 0.15) is 0 Å². The Morgan fingerprint density at radius 3 is 1.24 bits per heavy atom. The third kappa shape index (κ3) is 33.3. The highest BCUT2D eigenvalue weighted by molar-refractivity contribution is 8.77. The number of carbonyl (C=O) groups is 2. The van der Waals surface area contributed by atoms with E-state index in [4.69, 9.17) is 56.8 Å². The molecule has 0 saturated carbocycles. The molecule has 0 aromatic heterocycles. The van der Waals surface area contributed by atoms with Crippen molar-refractivity contribution >= 4 is 33.5 Å². The number of unbranched alkanes of at least 4 members (excludes halogenated alkanes) is 1. The summed E-state index contributed by atoms with van der Waals surface area (Å²) < 4.78 is 123. The molecule has 1 aliphatic rings. The number of hydrogen-bond donors (Lipinski definition) is 1. The molecule has 0 aliphatic carbocycles. The molecule has 0 spiro atoms. The van der Waals surface area contributed by atoms with Crippen LogP contribution in [-0.4, -0.2) is 188 Å². The second-order valence-electron chi connectivity index (χ2n) is 13.3. The molecule has 16 nitrogen and oxygen atoms in total. The molecule has 1 amide bonds. The van der Waals surface area contributed by atoms with Crippen LogP contribution < -0.4 is 10.1 Å². The number of amides is 1. The Hall–Kier alpha value is -1.90. The molecular weight excluding hydrogens is 887 g/mol. The fourth-order valence-corrected chi connectivity index (χ4v) is 8.08. The van der Waals surface area contributed by atoms with Crippen LogP contribution in [0.1, 0.15) is 38.5 Å². The quantitative estimate of drug-likeness (QED) is 0.0241. The van der Waals surface area contributed by atoms with Gasteiger partial charge in [-0.05, 0) is 19.3 Å². The van der Waals surface area contributed by atoms with Gasteiger partial charge in [0.15, 0.2) is 11.6 Å². The Bertz CT molecular complexity index is 1250. The minimum atomic E-state index is -1.80. The van der Waals surface area contributed by atoms with E-state index >= 15 is 0 Å². The average Bonchev–Trinajstić information content (AvgIpc) is 3.80. The summed E-state index contributed by atoms with van der Waals surface area (Å²) in [6, 6.07) is 0.0178. The monoisotopic (exact) mass is 953 g/mol. The van der Waals surface area contributed by atoms with Gasteiger partial charge in [-0.2, -0.15) is 8.78 Å². The molecule has 0 radical (unpaired) electrons. The van der Waals surface area contributed by atoms with E-state index in [9.17, 15) is 27.2 Å². The van der Waals surface area contributed by atoms with Crippen LogP contribution in [0, 0.1) is 23.3 Å². The maximum Gasteiger partial charge on any atom is 0.313 e. The van der Waals surface area contributed by atoms with Crippen LogP contribution >= 0.6 is 21.6 Å². The van der Waals surface area contributed by atoms with Crippen LogP contribution in [0.25, 0.3) is 0 Å². The number of rotatable bonds is 45. The van der Waals surface area contributed by atoms with E-state index in [0.29, 0.717) is 152 Å². The second-order valence-corrected chi connectivity index (χ2v) is 16.1. The Kier molecular flexibility index (Phi) is 37.7. The number of halogens is 4. The smallest absolute Gasteiger partial charge is 0.313 e. The van der Waals surface area contributed by atoms with E-state index in [1.165, 1.54) is 18.6 Å². The van der Waals surface area contributed by atoms with Gasteiger partial charge in [-0.25, -0.2) is 8.78 Å². The average molecular weight is 954 g/mol. The summed E-state index contributed by atoms with van der Waals surface area (Å²) in [6.45, 7) is 9.83. The Balaban J connectivity index is 1.15. The first-order valence-corrected chi connectivity index (χ1v) is 23.8. The first-order valence-electron chi connectivity index (χ1n) is 21.4. The van der Waals surface area contributed by atoms with Gasteiger partial charge in [0.25, 0.3) is 0 Å². The number of carbonyl (C=O) groups excluding carboxylic acids is 2. The molecule has 1 aromatic carbocycles. The van der Waals surface area contributed by atoms with Crippen molar-refractivity contribution in [1.82, 2.24) is 5.32 Å². The zero-order valence-electron chi connectivity index (χ0n) is 36.2. The normalized spacial score (nSPS) is 13.9. The third-order valence-electron chi connectivity index (χ3n) is 8.31. The van der Waals surface area contributed by atoms with Crippen LogP contribution in [-0.2, 0) is 66.4 Å². The number of benzene rings is 1. The van der Waals surface area contributed by atoms with Gasteiger partial charge in [-0.15, -0.1) is 0 Å². The highest BCUT2D eigenvalue weighted by Gasteiger charge is 2.23. The molecule has 22 heteroatoms. The van der Waals surface area contributed by atoms with E-state index in [1.807, 2.05) is 21.6 Å². The number of hydrogen-bond acceptors (Lipinski definition) is 17. The molecule has 2 rings (SSSR count). The topological polar surface area (TPSA) is 166 Å². The maximum atomic E-state index is 13.6. The van der Waals surface area contributed by atoms with Crippen LogP contribution in [0.4, 0.5) is 17.6 Å². The van der Waals surface area contributed by atoms with Crippen LogP contribution in [0.2, 0.25) is 0 Å². The van der Waals surface area contributed by atoms with Gasteiger partial charge < -0.3 is 66.9 Å². The third-order valence-corrected chi connectivity index (χ3v) is 11.3. The molecule has 0 unspecified atom stereocenters. The number of nitrogens with one attached hydrogen (secondary N) is 1. The predicted octanol–water partition coefficient (Wildman–Crippen LogP) is 4.57. The summed E-state index contributed by atoms with van der Waals surface area (Å²) >= 11 is 0. The Labute approximate surface area is 376 Å². The summed E-state index contributed by atoms with van der Waals surface area (Å²) in [5.74, 6) is -8.15. The largest absolute Gasteiger partial charge is 0.420 e. The minimum absolute atomic E-state index is 0.0178. The highest BCUT2D eigenvalue weighted by Crippen LogP contribution is 2.39. The van der Waals surface area contributed by atoms with Crippen LogP contribution in [0.3, 0.4) is 0 Å². The summed E-state index contributed by atoms with van der Waals surface area (Å²) in [5.41, 5.74) is 0. The first-order chi connectivity index (χ1) is 30.9. The van der Waals surface area contributed by atoms with Gasteiger partial charge in [-0.3, -0.25) is 9.59 Å². The van der Waals surface area contributed by atoms with Crippen molar-refractivity contribution in [2.45, 2.75) is 43.8 Å². The lowest BCUT2D eigenvalue weighted by molar-refractivity contribution is -0.136. The van der Waals surface area contributed by atoms with E-state index in [-0.39, 0.29) is 31.8 Å². The lowest BCUT2D eigenvalue weighted by Crippen LogP contribution is -2.27. The predicted molar refractivity (Wildman–Crippen MR) is 226 cm³/mol. The molecule has 366 valence electrons. The van der Waals surface area contributed by atoms with Crippen LogP contribution in [0.5, 0.6) is 5.75 Å². The van der Waals surface area contributed by atoms with Crippen molar-refractivity contribution < 1.29 is 88.7 Å². The van der Waals surface area contributed by atoms with Gasteiger partial charge in [0.05, 0.1) is 165 Å².